The molecule has 0 radical (unpaired) electrons. The first-order chi connectivity index (χ1) is 14.0. The predicted molar refractivity (Wildman–Crippen MR) is 107 cm³/mol. The van der Waals surface area contributed by atoms with E-state index in [1.807, 2.05) is 30.3 Å². The molecule has 7 nitrogen and oxygen atoms in total. The van der Waals surface area contributed by atoms with Gasteiger partial charge in [0.1, 0.15) is 11.3 Å². The number of carbonyl (C=O) groups excluding carboxylic acids is 2. The number of carbonyl (C=O) groups is 2. The summed E-state index contributed by atoms with van der Waals surface area (Å²) in [6.07, 6.45) is 1.70. The van der Waals surface area contributed by atoms with Crippen molar-refractivity contribution < 1.29 is 28.5 Å². The van der Waals surface area contributed by atoms with Crippen molar-refractivity contribution in [1.29, 1.82) is 0 Å². The fourth-order valence-electron chi connectivity index (χ4n) is 3.13. The average molecular weight is 395 g/mol. The summed E-state index contributed by atoms with van der Waals surface area (Å²) in [6, 6.07) is 14.4. The Balaban J connectivity index is 2.33. The Bertz CT molecular complexity index is 1040. The molecule has 0 N–H and O–H groups in total. The Hall–Kier alpha value is -3.74. The molecule has 1 aromatic heterocycles. The van der Waals surface area contributed by atoms with Crippen LogP contribution in [-0.2, 0) is 9.47 Å². The number of hydrogen-bond acceptors (Lipinski definition) is 6. The normalized spacial score (nSPS) is 10.3. The highest BCUT2D eigenvalue weighted by molar-refractivity contribution is 6.08. The first kappa shape index (κ1) is 20.0. The molecule has 7 heteroatoms. The molecule has 0 aliphatic heterocycles. The largest absolute Gasteiger partial charge is 0.493 e. The van der Waals surface area contributed by atoms with Gasteiger partial charge < -0.3 is 23.5 Å². The second-order valence-electron chi connectivity index (χ2n) is 6.02. The molecular weight excluding hydrogens is 374 g/mol. The molecule has 150 valence electrons. The van der Waals surface area contributed by atoms with Crippen LogP contribution < -0.4 is 9.47 Å². The Kier molecular flexibility index (Phi) is 5.87. The van der Waals surface area contributed by atoms with Gasteiger partial charge in [0.05, 0.1) is 28.4 Å². The van der Waals surface area contributed by atoms with E-state index in [4.69, 9.17) is 18.9 Å². The third-order valence-corrected chi connectivity index (χ3v) is 4.50. The van der Waals surface area contributed by atoms with Crippen molar-refractivity contribution in [3.63, 3.8) is 0 Å². The van der Waals surface area contributed by atoms with E-state index in [1.165, 1.54) is 21.3 Å². The standard InChI is InChI=1S/C22H21NO6/c1-26-17-11-10-14(12-18(17)27-2)16-13-23(15-8-6-5-7-9-15)20(22(25)29-4)19(16)21(24)28-3/h5-13H,1-4H3. The van der Waals surface area contributed by atoms with Gasteiger partial charge in [-0.15, -0.1) is 0 Å². The van der Waals surface area contributed by atoms with Crippen LogP contribution in [0.1, 0.15) is 20.8 Å². The van der Waals surface area contributed by atoms with Gasteiger partial charge in [-0.25, -0.2) is 9.59 Å². The maximum Gasteiger partial charge on any atom is 0.355 e. The highest BCUT2D eigenvalue weighted by atomic mass is 16.5. The van der Waals surface area contributed by atoms with Crippen LogP contribution >= 0.6 is 0 Å². The van der Waals surface area contributed by atoms with Crippen LogP contribution in [0.3, 0.4) is 0 Å². The van der Waals surface area contributed by atoms with Crippen LogP contribution in [0.4, 0.5) is 0 Å². The lowest BCUT2D eigenvalue weighted by atomic mass is 10.0. The van der Waals surface area contributed by atoms with E-state index in [0.717, 1.165) is 0 Å². The molecule has 0 atom stereocenters. The summed E-state index contributed by atoms with van der Waals surface area (Å²) in [6.45, 7) is 0. The van der Waals surface area contributed by atoms with Gasteiger partial charge in [-0.1, -0.05) is 24.3 Å². The highest BCUT2D eigenvalue weighted by Gasteiger charge is 2.29. The second kappa shape index (κ2) is 8.52. The van der Waals surface area contributed by atoms with Crippen LogP contribution in [0.2, 0.25) is 0 Å². The number of nitrogens with zero attached hydrogens (tertiary/aromatic N) is 1. The van der Waals surface area contributed by atoms with Crippen LogP contribution in [0, 0.1) is 0 Å². The van der Waals surface area contributed by atoms with Gasteiger partial charge in [-0.3, -0.25) is 0 Å². The van der Waals surface area contributed by atoms with Crippen LogP contribution in [0.15, 0.2) is 54.7 Å². The van der Waals surface area contributed by atoms with Crippen LogP contribution in [0.25, 0.3) is 16.8 Å². The number of hydrogen-bond donors (Lipinski definition) is 0. The zero-order valence-corrected chi connectivity index (χ0v) is 16.6. The molecule has 0 bridgehead atoms. The average Bonchev–Trinajstić information content (AvgIpc) is 3.18. The van der Waals surface area contributed by atoms with Crippen LogP contribution in [-0.4, -0.2) is 44.9 Å². The van der Waals surface area contributed by atoms with E-state index >= 15 is 0 Å². The molecule has 0 aliphatic carbocycles. The fourth-order valence-corrected chi connectivity index (χ4v) is 3.13. The maximum atomic E-state index is 12.7. The van der Waals surface area contributed by atoms with Crippen molar-refractivity contribution in [3.8, 4) is 28.3 Å². The minimum absolute atomic E-state index is 0.0790. The summed E-state index contributed by atoms with van der Waals surface area (Å²) in [5, 5.41) is 0. The van der Waals surface area contributed by atoms with Crippen molar-refractivity contribution in [1.82, 2.24) is 4.57 Å². The number of ether oxygens (including phenoxy) is 4. The molecule has 0 saturated heterocycles. The van der Waals surface area contributed by atoms with Crippen molar-refractivity contribution in [2.75, 3.05) is 28.4 Å². The van der Waals surface area contributed by atoms with E-state index in [2.05, 4.69) is 0 Å². The zero-order chi connectivity index (χ0) is 21.0. The number of benzene rings is 2. The molecule has 0 saturated carbocycles. The topological polar surface area (TPSA) is 76.0 Å². The molecule has 0 fully saturated rings. The Labute approximate surface area is 168 Å². The van der Waals surface area contributed by atoms with Crippen molar-refractivity contribution >= 4 is 11.9 Å². The zero-order valence-electron chi connectivity index (χ0n) is 16.6. The van der Waals surface area contributed by atoms with E-state index in [-0.39, 0.29) is 11.3 Å². The van der Waals surface area contributed by atoms with Gasteiger partial charge in [0, 0.05) is 17.4 Å². The maximum absolute atomic E-state index is 12.7. The molecule has 3 aromatic rings. The van der Waals surface area contributed by atoms with E-state index in [9.17, 15) is 9.59 Å². The SMILES string of the molecule is COC(=O)c1c(-c2ccc(OC)c(OC)c2)cn(-c2ccccc2)c1C(=O)OC. The lowest BCUT2D eigenvalue weighted by Gasteiger charge is -2.10. The monoisotopic (exact) mass is 395 g/mol. The van der Waals surface area contributed by atoms with Gasteiger partial charge in [0.2, 0.25) is 0 Å². The molecule has 3 rings (SSSR count). The summed E-state index contributed by atoms with van der Waals surface area (Å²) in [4.78, 5) is 25.3. The summed E-state index contributed by atoms with van der Waals surface area (Å²) in [5.74, 6) is -0.259. The summed E-state index contributed by atoms with van der Waals surface area (Å²) in [7, 11) is 5.60. The molecule has 0 aliphatic rings. The summed E-state index contributed by atoms with van der Waals surface area (Å²) in [5.41, 5.74) is 2.04. The molecule has 2 aromatic carbocycles. The number of rotatable bonds is 6. The second-order valence-corrected chi connectivity index (χ2v) is 6.02. The minimum Gasteiger partial charge on any atom is -0.493 e. The highest BCUT2D eigenvalue weighted by Crippen LogP contribution is 2.36. The predicted octanol–water partition coefficient (Wildman–Crippen LogP) is 3.73. The Morgan fingerprint density at radius 3 is 2.03 bits per heavy atom. The van der Waals surface area contributed by atoms with E-state index in [0.29, 0.717) is 28.3 Å². The molecule has 0 spiro atoms. The van der Waals surface area contributed by atoms with Gasteiger partial charge in [-0.05, 0) is 29.8 Å². The third kappa shape index (κ3) is 3.67. The van der Waals surface area contributed by atoms with E-state index in [1.54, 1.807) is 36.1 Å². The molecule has 0 amide bonds. The molecular formula is C22H21NO6. The molecule has 1 heterocycles. The Morgan fingerprint density at radius 1 is 0.793 bits per heavy atom. The number of aromatic nitrogens is 1. The number of para-hydroxylation sites is 1. The van der Waals surface area contributed by atoms with Gasteiger partial charge in [0.15, 0.2) is 11.5 Å². The van der Waals surface area contributed by atoms with Crippen molar-refractivity contribution in [2.24, 2.45) is 0 Å². The first-order valence-corrected chi connectivity index (χ1v) is 8.75. The van der Waals surface area contributed by atoms with E-state index < -0.39 is 11.9 Å². The minimum atomic E-state index is -0.652. The van der Waals surface area contributed by atoms with Crippen molar-refractivity contribution in [3.05, 3.63) is 66.0 Å². The smallest absolute Gasteiger partial charge is 0.355 e. The lowest BCUT2D eigenvalue weighted by molar-refractivity contribution is 0.0550. The van der Waals surface area contributed by atoms with Crippen molar-refractivity contribution in [2.45, 2.75) is 0 Å². The molecule has 29 heavy (non-hydrogen) atoms. The van der Waals surface area contributed by atoms with Gasteiger partial charge in [0.25, 0.3) is 0 Å². The fraction of sp³-hybridized carbons (Fsp3) is 0.182. The number of esters is 2. The number of methoxy groups -OCH3 is 4. The van der Waals surface area contributed by atoms with Crippen LogP contribution in [0.5, 0.6) is 11.5 Å². The Morgan fingerprint density at radius 2 is 1.45 bits per heavy atom. The summed E-state index contributed by atoms with van der Waals surface area (Å²) < 4.78 is 22.2. The molecule has 0 unspecified atom stereocenters. The lowest BCUT2D eigenvalue weighted by Crippen LogP contribution is -2.15. The third-order valence-electron chi connectivity index (χ3n) is 4.50. The quantitative estimate of drug-likeness (QED) is 0.592. The van der Waals surface area contributed by atoms with Gasteiger partial charge in [-0.2, -0.15) is 0 Å². The first-order valence-electron chi connectivity index (χ1n) is 8.75. The summed E-state index contributed by atoms with van der Waals surface area (Å²) >= 11 is 0. The van der Waals surface area contributed by atoms with Gasteiger partial charge >= 0.3 is 11.9 Å².